The summed E-state index contributed by atoms with van der Waals surface area (Å²) in [6.07, 6.45) is 2.41. The van der Waals surface area contributed by atoms with Gasteiger partial charge in [-0.1, -0.05) is 12.1 Å². The van der Waals surface area contributed by atoms with Crippen LogP contribution in [-0.4, -0.2) is 31.6 Å². The molecular formula is C12H13NO2. The number of morpholine rings is 1. The van der Waals surface area contributed by atoms with E-state index in [9.17, 15) is 4.79 Å². The highest BCUT2D eigenvalue weighted by atomic mass is 16.5. The SMILES string of the molecule is O=Cc1ccccc1N1CC2CC1CO2. The van der Waals surface area contributed by atoms with E-state index < -0.39 is 0 Å². The van der Waals surface area contributed by atoms with E-state index in [-0.39, 0.29) is 0 Å². The molecule has 0 aromatic heterocycles. The summed E-state index contributed by atoms with van der Waals surface area (Å²) in [6, 6.07) is 8.24. The first kappa shape index (κ1) is 8.92. The lowest BCUT2D eigenvalue weighted by Gasteiger charge is -2.29. The number of rotatable bonds is 2. The Hall–Kier alpha value is -1.35. The van der Waals surface area contributed by atoms with Gasteiger partial charge in [0.05, 0.1) is 18.8 Å². The predicted molar refractivity (Wildman–Crippen MR) is 57.3 cm³/mol. The van der Waals surface area contributed by atoms with Gasteiger partial charge >= 0.3 is 0 Å². The van der Waals surface area contributed by atoms with Crippen molar-refractivity contribution in [3.8, 4) is 0 Å². The molecule has 0 spiro atoms. The molecule has 3 heteroatoms. The second-order valence-corrected chi connectivity index (χ2v) is 4.17. The van der Waals surface area contributed by atoms with Crippen molar-refractivity contribution in [3.05, 3.63) is 29.8 Å². The Kier molecular flexibility index (Phi) is 1.99. The number of fused-ring (bicyclic) bond motifs is 2. The molecule has 2 aliphatic rings. The van der Waals surface area contributed by atoms with E-state index in [1.165, 1.54) is 0 Å². The average molecular weight is 203 g/mol. The second kappa shape index (κ2) is 3.35. The number of hydrogen-bond acceptors (Lipinski definition) is 3. The second-order valence-electron chi connectivity index (χ2n) is 4.17. The van der Waals surface area contributed by atoms with Crippen molar-refractivity contribution in [2.75, 3.05) is 18.1 Å². The molecular weight excluding hydrogens is 190 g/mol. The van der Waals surface area contributed by atoms with Crippen LogP contribution >= 0.6 is 0 Å². The summed E-state index contributed by atoms with van der Waals surface area (Å²) in [5.41, 5.74) is 1.84. The summed E-state index contributed by atoms with van der Waals surface area (Å²) in [4.78, 5) is 13.2. The van der Waals surface area contributed by atoms with Crippen LogP contribution in [0.5, 0.6) is 0 Å². The fourth-order valence-corrected chi connectivity index (χ4v) is 2.54. The minimum absolute atomic E-state index is 0.370. The molecule has 0 N–H and O–H groups in total. The highest BCUT2D eigenvalue weighted by Gasteiger charge is 2.39. The zero-order valence-corrected chi connectivity index (χ0v) is 8.43. The number of para-hydroxylation sites is 1. The molecule has 2 saturated heterocycles. The molecule has 1 aromatic carbocycles. The van der Waals surface area contributed by atoms with Crippen LogP contribution < -0.4 is 4.90 Å². The smallest absolute Gasteiger partial charge is 0.152 e. The van der Waals surface area contributed by atoms with Crippen molar-refractivity contribution in [2.45, 2.75) is 18.6 Å². The van der Waals surface area contributed by atoms with Gasteiger partial charge in [0.1, 0.15) is 0 Å². The summed E-state index contributed by atoms with van der Waals surface area (Å²) in [5.74, 6) is 0. The van der Waals surface area contributed by atoms with E-state index in [1.807, 2.05) is 24.3 Å². The van der Waals surface area contributed by atoms with Crippen LogP contribution in [0.2, 0.25) is 0 Å². The number of benzene rings is 1. The third-order valence-corrected chi connectivity index (χ3v) is 3.27. The fourth-order valence-electron chi connectivity index (χ4n) is 2.54. The Bertz CT molecular complexity index is 391. The molecule has 2 unspecified atom stereocenters. The van der Waals surface area contributed by atoms with Crippen LogP contribution in [0.25, 0.3) is 0 Å². The number of aldehydes is 1. The van der Waals surface area contributed by atoms with Crippen molar-refractivity contribution >= 4 is 12.0 Å². The number of hydrogen-bond donors (Lipinski definition) is 0. The minimum Gasteiger partial charge on any atom is -0.374 e. The molecule has 78 valence electrons. The van der Waals surface area contributed by atoms with Crippen molar-refractivity contribution in [1.82, 2.24) is 0 Å². The lowest BCUT2D eigenvalue weighted by atomic mass is 10.1. The molecule has 0 radical (unpaired) electrons. The number of anilines is 1. The van der Waals surface area contributed by atoms with Gasteiger partial charge in [-0.2, -0.15) is 0 Å². The highest BCUT2D eigenvalue weighted by molar-refractivity contribution is 5.84. The molecule has 1 aromatic rings. The summed E-state index contributed by atoms with van der Waals surface area (Å²) in [5, 5.41) is 0. The van der Waals surface area contributed by atoms with Crippen molar-refractivity contribution in [3.63, 3.8) is 0 Å². The highest BCUT2D eigenvalue weighted by Crippen LogP contribution is 2.33. The molecule has 2 fully saturated rings. The lowest BCUT2D eigenvalue weighted by molar-refractivity contribution is 0.0988. The molecule has 2 bridgehead atoms. The van der Waals surface area contributed by atoms with Gasteiger partial charge in [-0.25, -0.2) is 0 Å². The maximum absolute atomic E-state index is 10.9. The summed E-state index contributed by atoms with van der Waals surface area (Å²) in [7, 11) is 0. The maximum atomic E-state index is 10.9. The van der Waals surface area contributed by atoms with Crippen LogP contribution in [0.3, 0.4) is 0 Å². The summed E-state index contributed by atoms with van der Waals surface area (Å²) >= 11 is 0. The molecule has 3 rings (SSSR count). The first-order chi connectivity index (χ1) is 7.38. The molecule has 3 nitrogen and oxygen atoms in total. The molecule has 0 amide bonds. The Morgan fingerprint density at radius 2 is 2.27 bits per heavy atom. The number of carbonyl (C=O) groups excluding carboxylic acids is 1. The van der Waals surface area contributed by atoms with E-state index in [2.05, 4.69) is 4.90 Å². The molecule has 0 saturated carbocycles. The summed E-state index contributed by atoms with van der Waals surface area (Å²) in [6.45, 7) is 1.73. The van der Waals surface area contributed by atoms with E-state index in [1.54, 1.807) is 0 Å². The zero-order chi connectivity index (χ0) is 10.3. The predicted octanol–water partition coefficient (Wildman–Crippen LogP) is 1.48. The average Bonchev–Trinajstić information content (AvgIpc) is 2.90. The Balaban J connectivity index is 1.96. The van der Waals surface area contributed by atoms with Gasteiger partial charge in [-0.3, -0.25) is 4.79 Å². The van der Waals surface area contributed by atoms with Crippen molar-refractivity contribution in [1.29, 1.82) is 0 Å². The Morgan fingerprint density at radius 1 is 1.40 bits per heavy atom. The van der Waals surface area contributed by atoms with Crippen LogP contribution in [0.1, 0.15) is 16.8 Å². The fraction of sp³-hybridized carbons (Fsp3) is 0.417. The van der Waals surface area contributed by atoms with Crippen LogP contribution in [0.15, 0.2) is 24.3 Å². The van der Waals surface area contributed by atoms with Gasteiger partial charge in [-0.05, 0) is 18.6 Å². The van der Waals surface area contributed by atoms with Gasteiger partial charge in [0.15, 0.2) is 6.29 Å². The van der Waals surface area contributed by atoms with E-state index in [0.29, 0.717) is 12.1 Å². The first-order valence-electron chi connectivity index (χ1n) is 5.31. The van der Waals surface area contributed by atoms with Gasteiger partial charge in [-0.15, -0.1) is 0 Å². The molecule has 15 heavy (non-hydrogen) atoms. The maximum Gasteiger partial charge on any atom is 0.152 e. The topological polar surface area (TPSA) is 29.5 Å². The number of ether oxygens (including phenoxy) is 1. The summed E-state index contributed by atoms with van der Waals surface area (Å²) < 4.78 is 5.55. The molecule has 2 aliphatic heterocycles. The largest absolute Gasteiger partial charge is 0.374 e. The van der Waals surface area contributed by atoms with Gasteiger partial charge in [0, 0.05) is 17.8 Å². The third kappa shape index (κ3) is 1.35. The van der Waals surface area contributed by atoms with E-state index in [4.69, 9.17) is 4.74 Å². The molecule has 2 atom stereocenters. The first-order valence-corrected chi connectivity index (χ1v) is 5.31. The van der Waals surface area contributed by atoms with E-state index in [0.717, 1.165) is 37.1 Å². The zero-order valence-electron chi connectivity index (χ0n) is 8.43. The lowest BCUT2D eigenvalue weighted by Crippen LogP contribution is -2.37. The third-order valence-electron chi connectivity index (χ3n) is 3.27. The standard InChI is InChI=1S/C12H13NO2/c14-7-9-3-1-2-4-12(9)13-6-11-5-10(13)8-15-11/h1-4,7,10-11H,5-6,8H2. The normalized spacial score (nSPS) is 28.4. The quantitative estimate of drug-likeness (QED) is 0.682. The van der Waals surface area contributed by atoms with Crippen LogP contribution in [0.4, 0.5) is 5.69 Å². The van der Waals surface area contributed by atoms with Crippen LogP contribution in [-0.2, 0) is 4.74 Å². The molecule has 2 heterocycles. The van der Waals surface area contributed by atoms with Gasteiger partial charge < -0.3 is 9.64 Å². The van der Waals surface area contributed by atoms with Gasteiger partial charge in [0.2, 0.25) is 0 Å². The van der Waals surface area contributed by atoms with E-state index >= 15 is 0 Å². The number of carbonyl (C=O) groups is 1. The van der Waals surface area contributed by atoms with Crippen molar-refractivity contribution < 1.29 is 9.53 Å². The molecule has 0 aliphatic carbocycles. The Morgan fingerprint density at radius 3 is 2.93 bits per heavy atom. The Labute approximate surface area is 88.6 Å². The van der Waals surface area contributed by atoms with Gasteiger partial charge in [0.25, 0.3) is 0 Å². The minimum atomic E-state index is 0.370. The number of nitrogens with zero attached hydrogens (tertiary/aromatic N) is 1. The van der Waals surface area contributed by atoms with Crippen molar-refractivity contribution in [2.24, 2.45) is 0 Å². The monoisotopic (exact) mass is 203 g/mol. The van der Waals surface area contributed by atoms with Crippen LogP contribution in [0, 0.1) is 0 Å².